The van der Waals surface area contributed by atoms with E-state index < -0.39 is 20.0 Å². The summed E-state index contributed by atoms with van der Waals surface area (Å²) < 4.78 is 23.4. The SMILES string of the molecule is CC/C=C\C/C=C\C/C=C\C/C=C\CCCCCCCCCCCCCCCCCCC(=O)NC(COP(=O)(O)OCC[N+](C)(C)C)C(O)/C=C/CC/C=C/CCC. The molecule has 0 aromatic rings. The number of nitrogens with one attached hydrogen (secondary N) is 1. The van der Waals surface area contributed by atoms with E-state index in [1.54, 1.807) is 6.08 Å². The Labute approximate surface area is 357 Å². The summed E-state index contributed by atoms with van der Waals surface area (Å²) in [6, 6.07) is -0.862. The Morgan fingerprint density at radius 1 is 0.603 bits per heavy atom. The monoisotopic (exact) mass is 834 g/mol. The second-order valence-electron chi connectivity index (χ2n) is 16.7. The first kappa shape index (κ1) is 55.9. The molecule has 0 rings (SSSR count). The minimum absolute atomic E-state index is 0.0535. The minimum atomic E-state index is -4.34. The van der Waals surface area contributed by atoms with Gasteiger partial charge in [0.05, 0.1) is 39.9 Å². The number of carbonyl (C=O) groups excluding carboxylic acids is 1. The fraction of sp³-hybridized carbons (Fsp3) is 0.735. The number of nitrogens with zero attached hydrogens (tertiary/aromatic N) is 1. The number of aliphatic hydroxyl groups is 1. The van der Waals surface area contributed by atoms with E-state index in [1.165, 1.54) is 89.9 Å². The number of rotatable bonds is 41. The first-order valence-corrected chi connectivity index (χ1v) is 24.8. The fourth-order valence-corrected chi connectivity index (χ4v) is 6.97. The largest absolute Gasteiger partial charge is 0.472 e. The Morgan fingerprint density at radius 3 is 1.57 bits per heavy atom. The van der Waals surface area contributed by atoms with E-state index in [9.17, 15) is 19.4 Å². The topological polar surface area (TPSA) is 105 Å². The van der Waals surface area contributed by atoms with Gasteiger partial charge < -0.3 is 19.8 Å². The molecular weight excluding hydrogens is 744 g/mol. The molecule has 3 atom stereocenters. The number of likely N-dealkylation sites (N-methyl/N-ethyl adjacent to an activating group) is 1. The fourth-order valence-electron chi connectivity index (χ4n) is 6.23. The highest BCUT2D eigenvalue weighted by Gasteiger charge is 2.27. The molecule has 0 saturated heterocycles. The summed E-state index contributed by atoms with van der Waals surface area (Å²) in [7, 11) is 1.54. The van der Waals surface area contributed by atoms with Crippen LogP contribution in [0.25, 0.3) is 0 Å². The van der Waals surface area contributed by atoms with E-state index in [2.05, 4.69) is 79.9 Å². The lowest BCUT2D eigenvalue weighted by Crippen LogP contribution is -2.45. The van der Waals surface area contributed by atoms with E-state index in [0.717, 1.165) is 70.6 Å². The van der Waals surface area contributed by atoms with Crippen LogP contribution in [0.5, 0.6) is 0 Å². The molecule has 0 aromatic carbocycles. The van der Waals surface area contributed by atoms with Crippen molar-refractivity contribution in [3.63, 3.8) is 0 Å². The van der Waals surface area contributed by atoms with Crippen molar-refractivity contribution in [2.24, 2.45) is 0 Å². The maximum Gasteiger partial charge on any atom is 0.472 e. The van der Waals surface area contributed by atoms with E-state index in [1.807, 2.05) is 27.2 Å². The van der Waals surface area contributed by atoms with E-state index >= 15 is 0 Å². The Hall–Kier alpha value is -2.06. The van der Waals surface area contributed by atoms with Crippen molar-refractivity contribution in [3.8, 4) is 0 Å². The van der Waals surface area contributed by atoms with E-state index in [0.29, 0.717) is 17.4 Å². The predicted octanol–water partition coefficient (Wildman–Crippen LogP) is 13.2. The lowest BCUT2D eigenvalue weighted by Gasteiger charge is -2.25. The van der Waals surface area contributed by atoms with Crippen molar-refractivity contribution >= 4 is 13.7 Å². The molecule has 0 radical (unpaired) electrons. The van der Waals surface area contributed by atoms with Gasteiger partial charge in [-0.05, 0) is 64.2 Å². The van der Waals surface area contributed by atoms with Crippen LogP contribution >= 0.6 is 7.82 Å². The average Bonchev–Trinajstić information content (AvgIpc) is 3.17. The summed E-state index contributed by atoms with van der Waals surface area (Å²) in [4.78, 5) is 23.0. The van der Waals surface area contributed by atoms with E-state index in [4.69, 9.17) is 9.05 Å². The smallest absolute Gasteiger partial charge is 0.387 e. The van der Waals surface area contributed by atoms with Crippen LogP contribution in [0.1, 0.15) is 181 Å². The summed E-state index contributed by atoms with van der Waals surface area (Å²) >= 11 is 0. The average molecular weight is 834 g/mol. The summed E-state index contributed by atoms with van der Waals surface area (Å²) in [6.07, 6.45) is 54.5. The number of phosphoric acid groups is 1. The summed E-state index contributed by atoms with van der Waals surface area (Å²) in [5.41, 5.74) is 0. The molecule has 0 aliphatic rings. The van der Waals surface area contributed by atoms with Crippen LogP contribution < -0.4 is 5.32 Å². The Balaban J connectivity index is 4.01. The van der Waals surface area contributed by atoms with Crippen molar-refractivity contribution in [1.29, 1.82) is 0 Å². The van der Waals surface area contributed by atoms with Crippen LogP contribution in [-0.4, -0.2) is 73.4 Å². The molecule has 0 bridgehead atoms. The number of allylic oxidation sites excluding steroid dienone is 11. The van der Waals surface area contributed by atoms with Gasteiger partial charge in [0.1, 0.15) is 13.2 Å². The maximum atomic E-state index is 12.8. The van der Waals surface area contributed by atoms with Crippen LogP contribution in [-0.2, 0) is 18.4 Å². The van der Waals surface area contributed by atoms with Gasteiger partial charge in [-0.15, -0.1) is 0 Å². The number of amides is 1. The third-order valence-corrected chi connectivity index (χ3v) is 10.9. The van der Waals surface area contributed by atoms with Gasteiger partial charge in [-0.2, -0.15) is 0 Å². The molecular formula is C49H90N2O6P+. The molecule has 0 fully saturated rings. The van der Waals surface area contributed by atoms with Crippen molar-refractivity contribution < 1.29 is 32.9 Å². The van der Waals surface area contributed by atoms with Gasteiger partial charge >= 0.3 is 7.82 Å². The van der Waals surface area contributed by atoms with Crippen LogP contribution in [0.15, 0.2) is 72.9 Å². The molecule has 9 heteroatoms. The molecule has 3 unspecified atom stereocenters. The minimum Gasteiger partial charge on any atom is -0.387 e. The third kappa shape index (κ3) is 42.1. The maximum absolute atomic E-state index is 12.8. The van der Waals surface area contributed by atoms with Gasteiger partial charge in [-0.1, -0.05) is 183 Å². The third-order valence-electron chi connectivity index (χ3n) is 9.89. The number of unbranched alkanes of at least 4 members (excludes halogenated alkanes) is 18. The number of carbonyl (C=O) groups is 1. The number of quaternary nitrogens is 1. The molecule has 0 heterocycles. The molecule has 1 amide bonds. The van der Waals surface area contributed by atoms with Gasteiger partial charge in [0.2, 0.25) is 5.91 Å². The van der Waals surface area contributed by atoms with Crippen molar-refractivity contribution in [2.75, 3.05) is 40.9 Å². The Morgan fingerprint density at radius 2 is 1.05 bits per heavy atom. The number of hydrogen-bond donors (Lipinski definition) is 3. The molecule has 0 saturated carbocycles. The summed E-state index contributed by atoms with van der Waals surface area (Å²) in [6.45, 7) is 4.55. The molecule has 336 valence electrons. The first-order chi connectivity index (χ1) is 28.0. The number of phosphoric ester groups is 1. The van der Waals surface area contributed by atoms with Gasteiger partial charge in [-0.3, -0.25) is 13.8 Å². The van der Waals surface area contributed by atoms with Crippen LogP contribution in [0.4, 0.5) is 0 Å². The molecule has 0 aromatic heterocycles. The van der Waals surface area contributed by atoms with Crippen LogP contribution in [0.2, 0.25) is 0 Å². The summed E-state index contributed by atoms with van der Waals surface area (Å²) in [5.74, 6) is -0.194. The molecule has 0 spiro atoms. The molecule has 58 heavy (non-hydrogen) atoms. The zero-order valence-corrected chi connectivity index (χ0v) is 38.9. The molecule has 0 aliphatic carbocycles. The van der Waals surface area contributed by atoms with Gasteiger partial charge in [0, 0.05) is 6.42 Å². The second kappa shape index (κ2) is 40.4. The van der Waals surface area contributed by atoms with Crippen LogP contribution in [0.3, 0.4) is 0 Å². The lowest BCUT2D eigenvalue weighted by atomic mass is 10.0. The van der Waals surface area contributed by atoms with Gasteiger partial charge in [-0.25, -0.2) is 4.57 Å². The molecule has 3 N–H and O–H groups in total. The molecule has 0 aliphatic heterocycles. The second-order valence-corrected chi connectivity index (χ2v) is 18.2. The lowest BCUT2D eigenvalue weighted by molar-refractivity contribution is -0.870. The highest BCUT2D eigenvalue weighted by Crippen LogP contribution is 2.43. The first-order valence-electron chi connectivity index (χ1n) is 23.3. The normalized spacial score (nSPS) is 14.9. The van der Waals surface area contributed by atoms with Gasteiger partial charge in [0.25, 0.3) is 0 Å². The van der Waals surface area contributed by atoms with Crippen molar-refractivity contribution in [1.82, 2.24) is 5.32 Å². The van der Waals surface area contributed by atoms with Crippen molar-refractivity contribution in [2.45, 2.75) is 193 Å². The highest BCUT2D eigenvalue weighted by molar-refractivity contribution is 7.47. The van der Waals surface area contributed by atoms with Crippen LogP contribution in [0, 0.1) is 0 Å². The predicted molar refractivity (Wildman–Crippen MR) is 249 cm³/mol. The zero-order chi connectivity index (χ0) is 42.8. The Bertz CT molecular complexity index is 1170. The number of aliphatic hydroxyl groups excluding tert-OH is 1. The zero-order valence-electron chi connectivity index (χ0n) is 38.0. The summed E-state index contributed by atoms with van der Waals surface area (Å²) in [5, 5.41) is 13.7. The highest BCUT2D eigenvalue weighted by atomic mass is 31.2. The molecule has 8 nitrogen and oxygen atoms in total. The Kier molecular flexibility index (Phi) is 38.9. The number of hydrogen-bond acceptors (Lipinski definition) is 5. The van der Waals surface area contributed by atoms with Gasteiger partial charge in [0.15, 0.2) is 0 Å². The van der Waals surface area contributed by atoms with Crippen molar-refractivity contribution in [3.05, 3.63) is 72.9 Å². The standard InChI is InChI=1S/C49H89N2O6P/c1-6-8-10-12-14-15-16-17-18-19-20-21-22-23-24-25-26-27-28-29-30-31-32-33-34-35-37-39-41-43-49(53)50-47(48(52)42-40-38-36-13-11-9-7-2)46-57-58(54,55)56-45-44-51(3,4)5/h8,10-11,13-15,17-18,20-21,40,42,47-48,52H,6-7,9,12,16,19,22-39,41,43-46H2,1-5H3,(H-,50,53,54,55)/p+1/b10-8-,13-11+,15-14-,18-17-,21-20-,42-40+. The quantitative estimate of drug-likeness (QED) is 0.0245. The van der Waals surface area contributed by atoms with E-state index in [-0.39, 0.29) is 19.1 Å².